The Morgan fingerprint density at radius 2 is 1.57 bits per heavy atom. The van der Waals surface area contributed by atoms with Gasteiger partial charge in [0, 0.05) is 0 Å². The average Bonchev–Trinajstić information content (AvgIpc) is 2.81. The van der Waals surface area contributed by atoms with E-state index in [2.05, 4.69) is 20.8 Å². The lowest BCUT2D eigenvalue weighted by molar-refractivity contribution is -0.138. The highest BCUT2D eigenvalue weighted by Crippen LogP contribution is 2.66. The molecule has 8 atom stereocenters. The Bertz CT molecular complexity index is 474. The SMILES string of the molecule is C[C@@]1(O)CC[C@@H]2[C@H]3CC[C@]4(C)[C@@H](CN)CC[C@H]4[C@@H]3CC[C@]2(C)C1. The summed E-state index contributed by atoms with van der Waals surface area (Å²) in [5, 5.41) is 10.6. The van der Waals surface area contributed by atoms with Gasteiger partial charge in [-0.2, -0.15) is 0 Å². The van der Waals surface area contributed by atoms with Gasteiger partial charge in [0.15, 0.2) is 0 Å². The number of nitrogens with two attached hydrogens (primary N) is 1. The van der Waals surface area contributed by atoms with Gasteiger partial charge in [-0.3, -0.25) is 0 Å². The molecule has 0 saturated heterocycles. The van der Waals surface area contributed by atoms with Crippen LogP contribution in [0.2, 0.25) is 0 Å². The molecule has 2 nitrogen and oxygen atoms in total. The minimum Gasteiger partial charge on any atom is -0.390 e. The third-order valence-corrected chi connectivity index (χ3v) is 9.21. The quantitative estimate of drug-likeness (QED) is 0.754. The maximum Gasteiger partial charge on any atom is 0.0625 e. The summed E-state index contributed by atoms with van der Waals surface area (Å²) in [6.45, 7) is 8.03. The molecule has 132 valence electrons. The lowest BCUT2D eigenvalue weighted by atomic mass is 9.45. The van der Waals surface area contributed by atoms with Crippen LogP contribution in [0, 0.1) is 40.4 Å². The van der Waals surface area contributed by atoms with Crippen molar-refractivity contribution in [2.24, 2.45) is 46.2 Å². The Morgan fingerprint density at radius 3 is 2.30 bits per heavy atom. The third-order valence-electron chi connectivity index (χ3n) is 9.21. The fraction of sp³-hybridized carbons (Fsp3) is 1.00. The molecule has 0 unspecified atom stereocenters. The third kappa shape index (κ3) is 2.34. The van der Waals surface area contributed by atoms with Gasteiger partial charge in [-0.1, -0.05) is 13.8 Å². The molecule has 0 radical (unpaired) electrons. The Kier molecular flexibility index (Phi) is 3.71. The monoisotopic (exact) mass is 319 g/mol. The Balaban J connectivity index is 1.59. The van der Waals surface area contributed by atoms with Crippen molar-refractivity contribution in [2.75, 3.05) is 6.54 Å². The lowest BCUT2D eigenvalue weighted by Crippen LogP contribution is -2.54. The molecule has 4 aliphatic carbocycles. The van der Waals surface area contributed by atoms with E-state index < -0.39 is 5.60 Å². The van der Waals surface area contributed by atoms with Gasteiger partial charge in [-0.15, -0.1) is 0 Å². The zero-order chi connectivity index (χ0) is 16.5. The number of fused-ring (bicyclic) bond motifs is 5. The predicted octanol–water partition coefficient (Wildman–Crippen LogP) is 4.36. The lowest BCUT2D eigenvalue weighted by Gasteiger charge is -2.60. The molecule has 0 heterocycles. The normalized spacial score (nSPS) is 59.1. The first-order chi connectivity index (χ1) is 10.8. The first-order valence-corrected chi connectivity index (χ1v) is 10.2. The van der Waals surface area contributed by atoms with E-state index in [4.69, 9.17) is 5.73 Å². The summed E-state index contributed by atoms with van der Waals surface area (Å²) in [5.41, 5.74) is 6.63. The van der Waals surface area contributed by atoms with Crippen LogP contribution in [-0.4, -0.2) is 17.3 Å². The molecule has 4 aliphatic rings. The number of rotatable bonds is 1. The summed E-state index contributed by atoms with van der Waals surface area (Å²) >= 11 is 0. The van der Waals surface area contributed by atoms with Crippen molar-refractivity contribution in [1.82, 2.24) is 0 Å². The minimum absolute atomic E-state index is 0.391. The molecule has 4 rings (SSSR count). The number of hydrogen-bond donors (Lipinski definition) is 2. The summed E-state index contributed by atoms with van der Waals surface area (Å²) in [6.07, 6.45) is 11.7. The summed E-state index contributed by atoms with van der Waals surface area (Å²) in [6, 6.07) is 0. The maximum absolute atomic E-state index is 10.6. The fourth-order valence-electron chi connectivity index (χ4n) is 8.13. The van der Waals surface area contributed by atoms with Gasteiger partial charge in [-0.25, -0.2) is 0 Å². The van der Waals surface area contributed by atoms with E-state index in [-0.39, 0.29) is 0 Å². The van der Waals surface area contributed by atoms with E-state index in [1.165, 1.54) is 44.9 Å². The molecule has 0 aromatic carbocycles. The molecule has 0 aromatic heterocycles. The van der Waals surface area contributed by atoms with Crippen molar-refractivity contribution in [2.45, 2.75) is 84.2 Å². The second-order valence-corrected chi connectivity index (χ2v) is 10.5. The van der Waals surface area contributed by atoms with Crippen LogP contribution in [0.15, 0.2) is 0 Å². The topological polar surface area (TPSA) is 46.2 Å². The van der Waals surface area contributed by atoms with Crippen LogP contribution in [-0.2, 0) is 0 Å². The van der Waals surface area contributed by atoms with E-state index in [9.17, 15) is 5.11 Å². The first kappa shape index (κ1) is 16.4. The smallest absolute Gasteiger partial charge is 0.0625 e. The predicted molar refractivity (Wildman–Crippen MR) is 94.9 cm³/mol. The van der Waals surface area contributed by atoms with Crippen LogP contribution in [0.1, 0.15) is 78.6 Å². The zero-order valence-electron chi connectivity index (χ0n) is 15.5. The average molecular weight is 320 g/mol. The van der Waals surface area contributed by atoms with Crippen LogP contribution >= 0.6 is 0 Å². The van der Waals surface area contributed by atoms with Crippen molar-refractivity contribution in [3.8, 4) is 0 Å². The van der Waals surface area contributed by atoms with Crippen molar-refractivity contribution < 1.29 is 5.11 Å². The van der Waals surface area contributed by atoms with Gasteiger partial charge in [-0.05, 0) is 112 Å². The van der Waals surface area contributed by atoms with E-state index in [0.717, 1.165) is 49.0 Å². The molecule has 0 aromatic rings. The molecule has 0 aliphatic heterocycles. The van der Waals surface area contributed by atoms with E-state index in [0.29, 0.717) is 10.8 Å². The van der Waals surface area contributed by atoms with Gasteiger partial charge in [0.05, 0.1) is 5.60 Å². The Morgan fingerprint density at radius 1 is 0.870 bits per heavy atom. The molecule has 23 heavy (non-hydrogen) atoms. The molecule has 0 amide bonds. The maximum atomic E-state index is 10.6. The number of hydrogen-bond acceptors (Lipinski definition) is 2. The molecule has 4 fully saturated rings. The standard InChI is InChI=1S/C21H37NO/c1-19-9-6-16-15(17(19)8-10-20(2,23)13-19)7-11-21(3)14(12-22)4-5-18(16)21/h14-18,23H,4-13,22H2,1-3H3/t14-,15+,16-,17-,18+,19-,20-,21-/m1/s1. The minimum atomic E-state index is -0.417. The van der Waals surface area contributed by atoms with Crippen molar-refractivity contribution in [1.29, 1.82) is 0 Å². The summed E-state index contributed by atoms with van der Waals surface area (Å²) in [4.78, 5) is 0. The van der Waals surface area contributed by atoms with Gasteiger partial charge in [0.25, 0.3) is 0 Å². The van der Waals surface area contributed by atoms with Gasteiger partial charge in [0.1, 0.15) is 0 Å². The molecule has 4 saturated carbocycles. The Hall–Kier alpha value is -0.0800. The highest BCUT2D eigenvalue weighted by Gasteiger charge is 2.59. The Labute approximate surface area is 142 Å². The molecular weight excluding hydrogens is 282 g/mol. The summed E-state index contributed by atoms with van der Waals surface area (Å²) < 4.78 is 0. The van der Waals surface area contributed by atoms with Gasteiger partial charge < -0.3 is 10.8 Å². The van der Waals surface area contributed by atoms with E-state index in [1.807, 2.05) is 0 Å². The second-order valence-electron chi connectivity index (χ2n) is 10.5. The zero-order valence-corrected chi connectivity index (χ0v) is 15.5. The van der Waals surface area contributed by atoms with Crippen molar-refractivity contribution >= 4 is 0 Å². The molecular formula is C21H37NO. The summed E-state index contributed by atoms with van der Waals surface area (Å²) in [5.74, 6) is 4.45. The van der Waals surface area contributed by atoms with Crippen molar-refractivity contribution in [3.05, 3.63) is 0 Å². The molecule has 0 spiro atoms. The summed E-state index contributed by atoms with van der Waals surface area (Å²) in [7, 11) is 0. The van der Waals surface area contributed by atoms with Crippen LogP contribution in [0.5, 0.6) is 0 Å². The second kappa shape index (κ2) is 5.21. The highest BCUT2D eigenvalue weighted by atomic mass is 16.3. The van der Waals surface area contributed by atoms with E-state index in [1.54, 1.807) is 0 Å². The van der Waals surface area contributed by atoms with Crippen molar-refractivity contribution in [3.63, 3.8) is 0 Å². The molecule has 0 bridgehead atoms. The van der Waals surface area contributed by atoms with Crippen LogP contribution < -0.4 is 5.73 Å². The number of aliphatic hydroxyl groups is 1. The van der Waals surface area contributed by atoms with Crippen LogP contribution in [0.25, 0.3) is 0 Å². The molecule has 3 N–H and O–H groups in total. The fourth-order valence-corrected chi connectivity index (χ4v) is 8.13. The van der Waals surface area contributed by atoms with Gasteiger partial charge in [0.2, 0.25) is 0 Å². The van der Waals surface area contributed by atoms with Gasteiger partial charge >= 0.3 is 0 Å². The first-order valence-electron chi connectivity index (χ1n) is 10.2. The highest BCUT2D eigenvalue weighted by molar-refractivity contribution is 5.09. The largest absolute Gasteiger partial charge is 0.390 e. The van der Waals surface area contributed by atoms with E-state index >= 15 is 0 Å². The van der Waals surface area contributed by atoms with Crippen LogP contribution in [0.3, 0.4) is 0 Å². The molecule has 2 heteroatoms. The van der Waals surface area contributed by atoms with Crippen LogP contribution in [0.4, 0.5) is 0 Å².